The molecule has 5 nitrogen and oxygen atoms in total. The Morgan fingerprint density at radius 1 is 0.929 bits per heavy atom. The van der Waals surface area contributed by atoms with E-state index in [2.05, 4.69) is 0 Å². The van der Waals surface area contributed by atoms with E-state index in [1.807, 2.05) is 48.5 Å². The average Bonchev–Trinajstić information content (AvgIpc) is 2.75. The Morgan fingerprint density at radius 2 is 1.64 bits per heavy atom. The second-order valence-electron chi connectivity index (χ2n) is 6.40. The van der Waals surface area contributed by atoms with Crippen molar-refractivity contribution in [3.8, 4) is 0 Å². The summed E-state index contributed by atoms with van der Waals surface area (Å²) in [5.41, 5.74) is 2.25. The van der Waals surface area contributed by atoms with Gasteiger partial charge in [0.1, 0.15) is 6.61 Å². The van der Waals surface area contributed by atoms with Crippen LogP contribution in [0.5, 0.6) is 0 Å². The quantitative estimate of drug-likeness (QED) is 0.381. The van der Waals surface area contributed by atoms with Crippen molar-refractivity contribution < 1.29 is 19.1 Å². The molecule has 2 aromatic carbocycles. The van der Waals surface area contributed by atoms with Crippen molar-refractivity contribution in [3.05, 3.63) is 95.7 Å². The van der Waals surface area contributed by atoms with Gasteiger partial charge in [-0.3, -0.25) is 4.79 Å². The van der Waals surface area contributed by atoms with Gasteiger partial charge in [-0.25, -0.2) is 4.79 Å². The van der Waals surface area contributed by atoms with Crippen LogP contribution in [-0.2, 0) is 20.9 Å². The number of allylic oxidation sites excluding steroid dienone is 2. The summed E-state index contributed by atoms with van der Waals surface area (Å²) in [5.74, 6) is -0.376. The summed E-state index contributed by atoms with van der Waals surface area (Å²) in [4.78, 5) is 26.4. The Morgan fingerprint density at radius 3 is 2.39 bits per heavy atom. The number of rotatable bonds is 9. The normalized spacial score (nSPS) is 13.1. The SMILES string of the molecule is O=C(OCCOCc1ccccc1)C1=CC=CN(CC(=O)c2ccccc2)C1. The van der Waals surface area contributed by atoms with Crippen LogP contribution < -0.4 is 0 Å². The Hall–Kier alpha value is -3.18. The number of esters is 1. The van der Waals surface area contributed by atoms with Gasteiger partial charge in [-0.2, -0.15) is 0 Å². The van der Waals surface area contributed by atoms with Gasteiger partial charge in [0.05, 0.1) is 31.9 Å². The topological polar surface area (TPSA) is 55.8 Å². The van der Waals surface area contributed by atoms with E-state index in [4.69, 9.17) is 9.47 Å². The van der Waals surface area contributed by atoms with E-state index >= 15 is 0 Å². The van der Waals surface area contributed by atoms with Gasteiger partial charge in [-0.15, -0.1) is 0 Å². The average molecular weight is 377 g/mol. The predicted molar refractivity (Wildman–Crippen MR) is 107 cm³/mol. The molecule has 0 spiro atoms. The number of hydrogen-bond acceptors (Lipinski definition) is 5. The summed E-state index contributed by atoms with van der Waals surface area (Å²) in [6.45, 7) is 1.57. The van der Waals surface area contributed by atoms with E-state index in [0.29, 0.717) is 30.9 Å². The van der Waals surface area contributed by atoms with E-state index in [-0.39, 0.29) is 24.9 Å². The van der Waals surface area contributed by atoms with Crippen LogP contribution in [0.15, 0.2) is 84.6 Å². The highest BCUT2D eigenvalue weighted by Crippen LogP contribution is 2.11. The third kappa shape index (κ3) is 5.93. The van der Waals surface area contributed by atoms with E-state index in [1.165, 1.54) is 0 Å². The number of ether oxygens (including phenoxy) is 2. The van der Waals surface area contributed by atoms with Crippen LogP contribution in [0.25, 0.3) is 0 Å². The molecule has 28 heavy (non-hydrogen) atoms. The molecule has 0 unspecified atom stereocenters. The molecule has 0 N–H and O–H groups in total. The Kier molecular flexibility index (Phi) is 7.15. The van der Waals surface area contributed by atoms with Gasteiger partial charge in [0.2, 0.25) is 0 Å². The molecule has 2 aromatic rings. The van der Waals surface area contributed by atoms with E-state index in [1.54, 1.807) is 35.4 Å². The Balaban J connectivity index is 1.39. The van der Waals surface area contributed by atoms with Crippen molar-refractivity contribution >= 4 is 11.8 Å². The number of benzene rings is 2. The maximum absolute atomic E-state index is 12.3. The molecule has 5 heteroatoms. The van der Waals surface area contributed by atoms with E-state index < -0.39 is 0 Å². The summed E-state index contributed by atoms with van der Waals surface area (Å²) >= 11 is 0. The molecule has 0 aliphatic carbocycles. The molecular weight excluding hydrogens is 354 g/mol. The molecule has 144 valence electrons. The van der Waals surface area contributed by atoms with Crippen LogP contribution in [0, 0.1) is 0 Å². The third-order valence-electron chi connectivity index (χ3n) is 4.24. The second-order valence-corrected chi connectivity index (χ2v) is 6.40. The molecule has 0 aromatic heterocycles. The van der Waals surface area contributed by atoms with E-state index in [9.17, 15) is 9.59 Å². The van der Waals surface area contributed by atoms with Crippen molar-refractivity contribution in [3.63, 3.8) is 0 Å². The first-order chi connectivity index (χ1) is 13.7. The van der Waals surface area contributed by atoms with Crippen molar-refractivity contribution in [2.75, 3.05) is 26.3 Å². The van der Waals surface area contributed by atoms with Crippen LogP contribution in [-0.4, -0.2) is 43.0 Å². The lowest BCUT2D eigenvalue weighted by Crippen LogP contribution is -2.31. The van der Waals surface area contributed by atoms with Crippen molar-refractivity contribution in [2.45, 2.75) is 6.61 Å². The molecule has 0 radical (unpaired) electrons. The van der Waals surface area contributed by atoms with Crippen LogP contribution in [0.2, 0.25) is 0 Å². The van der Waals surface area contributed by atoms with Gasteiger partial charge in [-0.05, 0) is 23.9 Å². The highest BCUT2D eigenvalue weighted by molar-refractivity contribution is 5.98. The minimum absolute atomic E-state index is 0.00850. The zero-order chi connectivity index (χ0) is 19.6. The van der Waals surface area contributed by atoms with Gasteiger partial charge >= 0.3 is 5.97 Å². The minimum Gasteiger partial charge on any atom is -0.460 e. The largest absolute Gasteiger partial charge is 0.460 e. The van der Waals surface area contributed by atoms with Gasteiger partial charge < -0.3 is 14.4 Å². The highest BCUT2D eigenvalue weighted by atomic mass is 16.6. The number of hydrogen-bond donors (Lipinski definition) is 0. The first-order valence-corrected chi connectivity index (χ1v) is 9.21. The van der Waals surface area contributed by atoms with Crippen molar-refractivity contribution in [1.29, 1.82) is 0 Å². The van der Waals surface area contributed by atoms with Crippen LogP contribution >= 0.6 is 0 Å². The summed E-state index contributed by atoms with van der Waals surface area (Å²) in [6, 6.07) is 18.9. The molecule has 3 rings (SSSR count). The molecule has 0 bridgehead atoms. The number of ketones is 1. The van der Waals surface area contributed by atoms with Crippen LogP contribution in [0.4, 0.5) is 0 Å². The number of carbonyl (C=O) groups is 2. The molecule has 0 atom stereocenters. The summed E-state index contributed by atoms with van der Waals surface area (Å²) in [5, 5.41) is 0. The Labute approximate surface area is 164 Å². The molecule has 0 fully saturated rings. The first kappa shape index (κ1) is 19.6. The number of carbonyl (C=O) groups excluding carboxylic acids is 2. The van der Waals surface area contributed by atoms with Gasteiger partial charge in [0.25, 0.3) is 0 Å². The lowest BCUT2D eigenvalue weighted by Gasteiger charge is -2.23. The monoisotopic (exact) mass is 377 g/mol. The van der Waals surface area contributed by atoms with Gasteiger partial charge in [0.15, 0.2) is 5.78 Å². The lowest BCUT2D eigenvalue weighted by atomic mass is 10.1. The Bertz CT molecular complexity index is 843. The summed E-state index contributed by atoms with van der Waals surface area (Å²) < 4.78 is 10.8. The molecule has 0 amide bonds. The first-order valence-electron chi connectivity index (χ1n) is 9.21. The summed E-state index contributed by atoms with van der Waals surface area (Å²) in [6.07, 6.45) is 5.28. The van der Waals surface area contributed by atoms with Crippen LogP contribution in [0.1, 0.15) is 15.9 Å². The van der Waals surface area contributed by atoms with Crippen molar-refractivity contribution in [1.82, 2.24) is 4.90 Å². The van der Waals surface area contributed by atoms with Gasteiger partial charge in [0, 0.05) is 5.56 Å². The molecular formula is C23H23NO4. The maximum atomic E-state index is 12.3. The minimum atomic E-state index is -0.384. The summed E-state index contributed by atoms with van der Waals surface area (Å²) in [7, 11) is 0. The van der Waals surface area contributed by atoms with Crippen molar-refractivity contribution in [2.24, 2.45) is 0 Å². The standard InChI is InChI=1S/C23H23NO4/c25-22(20-10-5-2-6-11-20)17-24-13-7-12-21(16-24)23(26)28-15-14-27-18-19-8-3-1-4-9-19/h1-13H,14-18H2. The maximum Gasteiger partial charge on any atom is 0.335 e. The fraction of sp³-hybridized carbons (Fsp3) is 0.217. The molecule has 1 aliphatic rings. The fourth-order valence-electron chi connectivity index (χ4n) is 2.80. The molecule has 1 aliphatic heterocycles. The van der Waals surface area contributed by atoms with Crippen LogP contribution in [0.3, 0.4) is 0 Å². The lowest BCUT2D eigenvalue weighted by molar-refractivity contribution is -0.141. The molecule has 0 saturated heterocycles. The molecule has 1 heterocycles. The fourth-order valence-corrected chi connectivity index (χ4v) is 2.80. The number of Topliss-reactive ketones (excluding diaryl/α,β-unsaturated/α-hetero) is 1. The third-order valence-corrected chi connectivity index (χ3v) is 4.24. The number of nitrogens with zero attached hydrogens (tertiary/aromatic N) is 1. The predicted octanol–water partition coefficient (Wildman–Crippen LogP) is 3.39. The van der Waals surface area contributed by atoms with E-state index in [0.717, 1.165) is 5.56 Å². The smallest absolute Gasteiger partial charge is 0.335 e. The van der Waals surface area contributed by atoms with Gasteiger partial charge in [-0.1, -0.05) is 60.7 Å². The second kappa shape index (κ2) is 10.2. The highest BCUT2D eigenvalue weighted by Gasteiger charge is 2.18. The zero-order valence-corrected chi connectivity index (χ0v) is 15.6. The molecule has 0 saturated carbocycles. The zero-order valence-electron chi connectivity index (χ0n) is 15.6.